The van der Waals surface area contributed by atoms with Gasteiger partial charge in [0.25, 0.3) is 0 Å². The lowest BCUT2D eigenvalue weighted by Gasteiger charge is -2.14. The molecule has 0 saturated carbocycles. The highest BCUT2D eigenvalue weighted by Gasteiger charge is 2.06. The number of benzene rings is 2. The predicted molar refractivity (Wildman–Crippen MR) is 132 cm³/mol. The highest BCUT2D eigenvalue weighted by molar-refractivity contribution is 14.0. The first-order valence-corrected chi connectivity index (χ1v) is 11.0. The molecule has 0 fully saturated rings. The van der Waals surface area contributed by atoms with Gasteiger partial charge in [-0.05, 0) is 25.0 Å². The van der Waals surface area contributed by atoms with Crippen molar-refractivity contribution < 1.29 is 4.21 Å². The van der Waals surface area contributed by atoms with Crippen molar-refractivity contribution in [1.82, 2.24) is 10.6 Å². The van der Waals surface area contributed by atoms with Gasteiger partial charge in [0.1, 0.15) is 0 Å². The molecule has 0 heterocycles. The third kappa shape index (κ3) is 9.19. The molecule has 0 amide bonds. The molecule has 154 valence electrons. The van der Waals surface area contributed by atoms with Crippen molar-refractivity contribution in [1.29, 1.82) is 0 Å². The molecule has 0 saturated heterocycles. The van der Waals surface area contributed by atoms with Gasteiger partial charge in [0.15, 0.2) is 5.96 Å². The molecule has 0 spiro atoms. The van der Waals surface area contributed by atoms with E-state index >= 15 is 0 Å². The summed E-state index contributed by atoms with van der Waals surface area (Å²) in [5, 5.41) is 6.56. The minimum Gasteiger partial charge on any atom is -0.357 e. The van der Waals surface area contributed by atoms with E-state index in [9.17, 15) is 4.21 Å². The SMILES string of the molecule is CCNC(=NCC(C)c1ccc(C)cc1)NCCS(=O)Cc1ccccc1.I. The first-order valence-electron chi connectivity index (χ1n) is 9.56. The van der Waals surface area contributed by atoms with Gasteiger partial charge in [-0.15, -0.1) is 24.0 Å². The van der Waals surface area contributed by atoms with E-state index in [1.54, 1.807) is 0 Å². The molecular formula is C22H32IN3OS. The number of hydrogen-bond donors (Lipinski definition) is 2. The standard InChI is InChI=1S/C22H31N3OS.HI/c1-4-23-22(25-16-19(3)21-12-10-18(2)11-13-21)24-14-15-27(26)17-20-8-6-5-7-9-20;/h5-13,19H,4,14-17H2,1-3H3,(H2,23,24,25);1H. The monoisotopic (exact) mass is 513 g/mol. The molecule has 0 aliphatic rings. The van der Waals surface area contributed by atoms with Crippen LogP contribution in [0.5, 0.6) is 0 Å². The third-order valence-electron chi connectivity index (χ3n) is 4.31. The molecule has 2 unspecified atom stereocenters. The molecule has 2 aromatic rings. The van der Waals surface area contributed by atoms with Gasteiger partial charge in [0.05, 0.1) is 0 Å². The number of halogens is 1. The summed E-state index contributed by atoms with van der Waals surface area (Å²) in [6, 6.07) is 18.6. The van der Waals surface area contributed by atoms with Gasteiger partial charge in [-0.3, -0.25) is 9.20 Å². The van der Waals surface area contributed by atoms with Gasteiger partial charge in [0, 0.05) is 47.9 Å². The first kappa shape index (κ1) is 24.6. The largest absolute Gasteiger partial charge is 0.357 e. The lowest BCUT2D eigenvalue weighted by Crippen LogP contribution is -2.39. The molecule has 0 radical (unpaired) electrons. The average Bonchev–Trinajstić information content (AvgIpc) is 2.67. The van der Waals surface area contributed by atoms with Gasteiger partial charge >= 0.3 is 0 Å². The van der Waals surface area contributed by atoms with Crippen molar-refractivity contribution in [3.05, 3.63) is 71.3 Å². The fraction of sp³-hybridized carbons (Fsp3) is 0.409. The fourth-order valence-corrected chi connectivity index (χ4v) is 3.72. The Kier molecular flexibility index (Phi) is 12.1. The molecule has 2 N–H and O–H groups in total. The van der Waals surface area contributed by atoms with Crippen molar-refractivity contribution in [3.63, 3.8) is 0 Å². The molecule has 2 rings (SSSR count). The summed E-state index contributed by atoms with van der Waals surface area (Å²) in [6.07, 6.45) is 0. The Labute approximate surface area is 189 Å². The van der Waals surface area contributed by atoms with Gasteiger partial charge in [-0.25, -0.2) is 0 Å². The van der Waals surface area contributed by atoms with Crippen LogP contribution in [0.3, 0.4) is 0 Å². The molecule has 28 heavy (non-hydrogen) atoms. The Morgan fingerprint density at radius 1 is 1.07 bits per heavy atom. The van der Waals surface area contributed by atoms with Crippen molar-refractivity contribution in [2.45, 2.75) is 32.4 Å². The number of guanidine groups is 1. The first-order chi connectivity index (χ1) is 13.1. The van der Waals surface area contributed by atoms with E-state index in [0.717, 1.165) is 18.1 Å². The maximum Gasteiger partial charge on any atom is 0.191 e. The van der Waals surface area contributed by atoms with E-state index in [1.165, 1.54) is 11.1 Å². The van der Waals surface area contributed by atoms with Crippen LogP contribution in [0.4, 0.5) is 0 Å². The zero-order valence-corrected chi connectivity index (χ0v) is 20.1. The molecule has 0 bridgehead atoms. The second-order valence-electron chi connectivity index (χ2n) is 6.73. The summed E-state index contributed by atoms with van der Waals surface area (Å²) in [5.74, 6) is 2.34. The van der Waals surface area contributed by atoms with Crippen LogP contribution in [0.1, 0.15) is 36.5 Å². The summed E-state index contributed by atoms with van der Waals surface area (Å²) >= 11 is 0. The molecule has 4 nitrogen and oxygen atoms in total. The number of hydrogen-bond acceptors (Lipinski definition) is 2. The Morgan fingerprint density at radius 3 is 2.39 bits per heavy atom. The second kappa shape index (κ2) is 13.7. The quantitative estimate of drug-likeness (QED) is 0.300. The highest BCUT2D eigenvalue weighted by atomic mass is 127. The highest BCUT2D eigenvalue weighted by Crippen LogP contribution is 2.15. The smallest absolute Gasteiger partial charge is 0.191 e. The van der Waals surface area contributed by atoms with Gasteiger partial charge < -0.3 is 10.6 Å². The maximum atomic E-state index is 12.2. The summed E-state index contributed by atoms with van der Waals surface area (Å²) in [6.45, 7) is 8.50. The normalized spacial score (nSPS) is 13.3. The van der Waals surface area contributed by atoms with Crippen LogP contribution >= 0.6 is 24.0 Å². The number of aliphatic imine (C=N–C) groups is 1. The van der Waals surface area contributed by atoms with Crippen molar-refractivity contribution in [2.75, 3.05) is 25.4 Å². The second-order valence-corrected chi connectivity index (χ2v) is 8.31. The van der Waals surface area contributed by atoms with Gasteiger partial charge in [0.2, 0.25) is 0 Å². The van der Waals surface area contributed by atoms with E-state index in [4.69, 9.17) is 0 Å². The van der Waals surface area contributed by atoms with E-state index < -0.39 is 10.8 Å². The lowest BCUT2D eigenvalue weighted by molar-refractivity contribution is 0.680. The third-order valence-corrected chi connectivity index (χ3v) is 5.62. The van der Waals surface area contributed by atoms with Crippen molar-refractivity contribution in [3.8, 4) is 0 Å². The number of nitrogens with zero attached hydrogens (tertiary/aromatic N) is 1. The van der Waals surface area contributed by atoms with Crippen LogP contribution in [0.2, 0.25) is 0 Å². The van der Waals surface area contributed by atoms with Crippen LogP contribution in [-0.4, -0.2) is 35.6 Å². The zero-order chi connectivity index (χ0) is 19.5. The van der Waals surface area contributed by atoms with Crippen LogP contribution in [0, 0.1) is 6.92 Å². The van der Waals surface area contributed by atoms with Crippen LogP contribution in [0.25, 0.3) is 0 Å². The van der Waals surface area contributed by atoms with E-state index in [1.807, 2.05) is 37.3 Å². The average molecular weight is 513 g/mol. The van der Waals surface area contributed by atoms with Crippen molar-refractivity contribution in [2.24, 2.45) is 4.99 Å². The fourth-order valence-electron chi connectivity index (χ4n) is 2.69. The predicted octanol–water partition coefficient (Wildman–Crippen LogP) is 4.22. The topological polar surface area (TPSA) is 53.5 Å². The number of nitrogens with one attached hydrogen (secondary N) is 2. The molecular weight excluding hydrogens is 481 g/mol. The summed E-state index contributed by atoms with van der Waals surface area (Å²) in [5.41, 5.74) is 3.68. The summed E-state index contributed by atoms with van der Waals surface area (Å²) in [4.78, 5) is 4.69. The maximum absolute atomic E-state index is 12.2. The van der Waals surface area contributed by atoms with E-state index in [0.29, 0.717) is 30.5 Å². The lowest BCUT2D eigenvalue weighted by atomic mass is 10.0. The molecule has 2 atom stereocenters. The molecule has 2 aromatic carbocycles. The van der Waals surface area contributed by atoms with Crippen LogP contribution in [-0.2, 0) is 16.6 Å². The number of rotatable bonds is 9. The summed E-state index contributed by atoms with van der Waals surface area (Å²) < 4.78 is 12.2. The van der Waals surface area contributed by atoms with Crippen LogP contribution in [0.15, 0.2) is 59.6 Å². The van der Waals surface area contributed by atoms with E-state index in [2.05, 4.69) is 53.7 Å². The molecule has 0 aromatic heterocycles. The van der Waals surface area contributed by atoms with E-state index in [-0.39, 0.29) is 24.0 Å². The van der Waals surface area contributed by atoms with Crippen LogP contribution < -0.4 is 10.6 Å². The molecule has 0 aliphatic heterocycles. The molecule has 0 aliphatic carbocycles. The minimum absolute atomic E-state index is 0. The Balaban J connectivity index is 0.00000392. The summed E-state index contributed by atoms with van der Waals surface area (Å²) in [7, 11) is -0.881. The Bertz CT molecular complexity index is 735. The van der Waals surface area contributed by atoms with Gasteiger partial charge in [-0.1, -0.05) is 67.1 Å². The number of aryl methyl sites for hydroxylation is 1. The minimum atomic E-state index is -0.881. The van der Waals surface area contributed by atoms with Gasteiger partial charge in [-0.2, -0.15) is 0 Å². The molecule has 6 heteroatoms. The zero-order valence-electron chi connectivity index (χ0n) is 17.0. The Morgan fingerprint density at radius 2 is 1.75 bits per heavy atom. The Hall–Kier alpha value is -1.41. The van der Waals surface area contributed by atoms with Crippen molar-refractivity contribution >= 4 is 40.7 Å².